The van der Waals surface area contributed by atoms with Crippen LogP contribution in [0.4, 0.5) is 9.59 Å². The van der Waals surface area contributed by atoms with Gasteiger partial charge in [-0.25, -0.2) is 9.59 Å². The van der Waals surface area contributed by atoms with Crippen LogP contribution >= 0.6 is 0 Å². The summed E-state index contributed by atoms with van der Waals surface area (Å²) in [4.78, 5) is 40.3. The molecule has 1 aliphatic heterocycles. The van der Waals surface area contributed by atoms with Gasteiger partial charge in [0.2, 0.25) is 6.79 Å². The van der Waals surface area contributed by atoms with E-state index in [2.05, 4.69) is 17.6 Å². The lowest BCUT2D eigenvalue weighted by Gasteiger charge is -2.26. The second-order valence-corrected chi connectivity index (χ2v) is 10.3. The van der Waals surface area contributed by atoms with E-state index in [4.69, 9.17) is 18.9 Å². The quantitative estimate of drug-likeness (QED) is 0.231. The summed E-state index contributed by atoms with van der Waals surface area (Å²) in [5, 5.41) is 5.81. The first-order chi connectivity index (χ1) is 20.9. The summed E-state index contributed by atoms with van der Waals surface area (Å²) in [6.45, 7) is 2.93. The number of rotatable bonds is 14. The minimum absolute atomic E-state index is 0.00196. The number of hydrogen-bond acceptors (Lipinski definition) is 7. The number of fused-ring (bicyclic) bond motifs is 1. The molecule has 3 aromatic carbocycles. The number of esters is 1. The van der Waals surface area contributed by atoms with Gasteiger partial charge in [0.1, 0.15) is 6.61 Å². The van der Waals surface area contributed by atoms with E-state index in [-0.39, 0.29) is 19.8 Å². The summed E-state index contributed by atoms with van der Waals surface area (Å²) in [6, 6.07) is 23.1. The molecule has 0 unspecified atom stereocenters. The van der Waals surface area contributed by atoms with E-state index in [0.717, 1.165) is 24.0 Å². The summed E-state index contributed by atoms with van der Waals surface area (Å²) in [6.07, 6.45) is 1.80. The molecule has 0 radical (unpaired) electrons. The molecule has 43 heavy (non-hydrogen) atoms. The monoisotopic (exact) mass is 589 g/mol. The van der Waals surface area contributed by atoms with Crippen molar-refractivity contribution in [3.8, 4) is 11.5 Å². The number of urea groups is 1. The van der Waals surface area contributed by atoms with Gasteiger partial charge in [-0.05, 0) is 35.2 Å². The molecule has 1 heterocycles. The zero-order chi connectivity index (χ0) is 30.4. The van der Waals surface area contributed by atoms with Crippen LogP contribution < -0.4 is 20.1 Å². The van der Waals surface area contributed by atoms with Crippen molar-refractivity contribution in [1.82, 2.24) is 15.5 Å². The van der Waals surface area contributed by atoms with Gasteiger partial charge in [0.05, 0.1) is 25.6 Å². The summed E-state index contributed by atoms with van der Waals surface area (Å²) in [7, 11) is 1.30. The van der Waals surface area contributed by atoms with E-state index in [1.807, 2.05) is 60.7 Å². The lowest BCUT2D eigenvalue weighted by atomic mass is 10.0. The van der Waals surface area contributed by atoms with E-state index >= 15 is 0 Å². The van der Waals surface area contributed by atoms with Gasteiger partial charge in [-0.3, -0.25) is 9.69 Å². The van der Waals surface area contributed by atoms with Crippen LogP contribution in [0.25, 0.3) is 0 Å². The van der Waals surface area contributed by atoms with Gasteiger partial charge in [0, 0.05) is 13.1 Å². The molecule has 2 atom stereocenters. The highest BCUT2D eigenvalue weighted by Gasteiger charge is 2.24. The molecular formula is C33H39N3O7. The Morgan fingerprint density at radius 2 is 1.53 bits per heavy atom. The molecule has 0 aliphatic carbocycles. The van der Waals surface area contributed by atoms with Crippen LogP contribution in [0.2, 0.25) is 0 Å². The number of methoxy groups -OCH3 is 1. The van der Waals surface area contributed by atoms with Crippen molar-refractivity contribution >= 4 is 18.1 Å². The molecule has 0 saturated carbocycles. The Balaban J connectivity index is 1.41. The number of nitrogens with one attached hydrogen (secondary N) is 2. The molecule has 2 N–H and O–H groups in total. The largest absolute Gasteiger partial charge is 0.469 e. The average Bonchev–Trinajstić information content (AvgIpc) is 3.50. The Morgan fingerprint density at radius 1 is 0.884 bits per heavy atom. The van der Waals surface area contributed by atoms with Crippen LogP contribution in [0, 0.1) is 0 Å². The Labute approximate surface area is 252 Å². The normalized spacial score (nSPS) is 13.0. The third-order valence-electron chi connectivity index (χ3n) is 7.04. The molecule has 0 fully saturated rings. The third kappa shape index (κ3) is 9.66. The molecule has 3 amide bonds. The Hall–Kier alpha value is -4.73. The molecule has 0 aromatic heterocycles. The lowest BCUT2D eigenvalue weighted by molar-refractivity contribution is -0.141. The van der Waals surface area contributed by atoms with Crippen molar-refractivity contribution in [1.29, 1.82) is 0 Å². The van der Waals surface area contributed by atoms with Crippen molar-refractivity contribution in [2.45, 2.75) is 57.8 Å². The van der Waals surface area contributed by atoms with Crippen LogP contribution in [-0.4, -0.2) is 49.5 Å². The second kappa shape index (κ2) is 16.1. The van der Waals surface area contributed by atoms with Crippen molar-refractivity contribution in [3.05, 3.63) is 95.6 Å². The van der Waals surface area contributed by atoms with Gasteiger partial charge in [0.25, 0.3) is 0 Å². The molecule has 10 nitrogen and oxygen atoms in total. The number of amides is 3. The maximum atomic E-state index is 13.3. The van der Waals surface area contributed by atoms with Crippen molar-refractivity contribution < 1.29 is 33.3 Å². The van der Waals surface area contributed by atoms with Crippen LogP contribution in [-0.2, 0) is 27.4 Å². The van der Waals surface area contributed by atoms with Crippen molar-refractivity contribution in [2.75, 3.05) is 20.5 Å². The highest BCUT2D eigenvalue weighted by molar-refractivity contribution is 5.77. The third-order valence-corrected chi connectivity index (χ3v) is 7.04. The number of carbonyl (C=O) groups excluding carboxylic acids is 3. The first-order valence-electron chi connectivity index (χ1n) is 14.5. The predicted molar refractivity (Wildman–Crippen MR) is 160 cm³/mol. The van der Waals surface area contributed by atoms with Crippen molar-refractivity contribution in [3.63, 3.8) is 0 Å². The molecule has 10 heteroatoms. The second-order valence-electron chi connectivity index (χ2n) is 10.3. The Morgan fingerprint density at radius 3 is 2.16 bits per heavy atom. The van der Waals surface area contributed by atoms with Gasteiger partial charge in [0.15, 0.2) is 11.5 Å². The SMILES string of the molecule is CCCC[C@@H](COC(=O)N(Cc1ccccc1)Cc1ccccc1)NC(=O)N[C@@H](CC(=O)OC)c1ccc2c(c1)OCO2. The fourth-order valence-corrected chi connectivity index (χ4v) is 4.72. The first-order valence-corrected chi connectivity index (χ1v) is 14.5. The minimum atomic E-state index is -0.677. The van der Waals surface area contributed by atoms with Gasteiger partial charge >= 0.3 is 18.1 Å². The van der Waals surface area contributed by atoms with Crippen LogP contribution in [0.5, 0.6) is 11.5 Å². The van der Waals surface area contributed by atoms with E-state index in [9.17, 15) is 14.4 Å². The van der Waals surface area contributed by atoms with Gasteiger partial charge in [-0.15, -0.1) is 0 Å². The summed E-state index contributed by atoms with van der Waals surface area (Å²) in [5.74, 6) is 0.661. The molecule has 3 aromatic rings. The molecule has 4 rings (SSSR count). The summed E-state index contributed by atoms with van der Waals surface area (Å²) >= 11 is 0. The minimum Gasteiger partial charge on any atom is -0.469 e. The lowest BCUT2D eigenvalue weighted by Crippen LogP contribution is -2.46. The molecule has 0 spiro atoms. The van der Waals surface area contributed by atoms with E-state index in [1.54, 1.807) is 23.1 Å². The number of benzene rings is 3. The van der Waals surface area contributed by atoms with Crippen molar-refractivity contribution in [2.24, 2.45) is 0 Å². The molecule has 228 valence electrons. The van der Waals surface area contributed by atoms with Crippen LogP contribution in [0.3, 0.4) is 0 Å². The highest BCUT2D eigenvalue weighted by Crippen LogP contribution is 2.35. The zero-order valence-corrected chi connectivity index (χ0v) is 24.6. The smallest absolute Gasteiger partial charge is 0.410 e. The number of nitrogens with zero attached hydrogens (tertiary/aromatic N) is 1. The molecule has 1 aliphatic rings. The van der Waals surface area contributed by atoms with Gasteiger partial charge in [-0.1, -0.05) is 86.5 Å². The van der Waals surface area contributed by atoms with Crippen LogP contribution in [0.15, 0.2) is 78.9 Å². The van der Waals surface area contributed by atoms with Gasteiger partial charge < -0.3 is 29.6 Å². The Kier molecular flexibility index (Phi) is 11.6. The first kappa shape index (κ1) is 31.2. The topological polar surface area (TPSA) is 115 Å². The summed E-state index contributed by atoms with van der Waals surface area (Å²) in [5.41, 5.74) is 2.63. The number of unbranched alkanes of at least 4 members (excludes halogenated alkanes) is 1. The van der Waals surface area contributed by atoms with Gasteiger partial charge in [-0.2, -0.15) is 0 Å². The fraction of sp³-hybridized carbons (Fsp3) is 0.364. The standard InChI is InChI=1S/C33H39N3O7/c1-3-4-15-27(22-41-33(39)36(20-24-11-7-5-8-12-24)21-25-13-9-6-10-14-25)34-32(38)35-28(19-31(37)40-2)26-16-17-29-30(18-26)43-23-42-29/h5-14,16-18,27-28H,3-4,15,19-23H2,1-2H3,(H2,34,35,38)/t27-,28-/m0/s1. The molecule has 0 saturated heterocycles. The number of carbonyl (C=O) groups is 3. The number of ether oxygens (including phenoxy) is 4. The highest BCUT2D eigenvalue weighted by atomic mass is 16.7. The maximum Gasteiger partial charge on any atom is 0.410 e. The summed E-state index contributed by atoms with van der Waals surface area (Å²) < 4.78 is 21.5. The fourth-order valence-electron chi connectivity index (χ4n) is 4.72. The predicted octanol–water partition coefficient (Wildman–Crippen LogP) is 5.72. The molecular weight excluding hydrogens is 550 g/mol. The van der Waals surface area contributed by atoms with E-state index in [0.29, 0.717) is 36.6 Å². The average molecular weight is 590 g/mol. The molecule has 0 bridgehead atoms. The number of hydrogen-bond donors (Lipinski definition) is 2. The van der Waals surface area contributed by atoms with E-state index < -0.39 is 30.2 Å². The zero-order valence-electron chi connectivity index (χ0n) is 24.6. The van der Waals surface area contributed by atoms with Crippen LogP contribution in [0.1, 0.15) is 55.3 Å². The Bertz CT molecular complexity index is 1300. The van der Waals surface area contributed by atoms with E-state index in [1.165, 1.54) is 7.11 Å². The maximum absolute atomic E-state index is 13.3.